The van der Waals surface area contributed by atoms with Crippen LogP contribution in [0.5, 0.6) is 5.75 Å². The van der Waals surface area contributed by atoms with Gasteiger partial charge in [-0.3, -0.25) is 4.79 Å². The summed E-state index contributed by atoms with van der Waals surface area (Å²) in [6, 6.07) is 19.3. The van der Waals surface area contributed by atoms with Gasteiger partial charge in [-0.05, 0) is 106 Å². The van der Waals surface area contributed by atoms with Gasteiger partial charge >= 0.3 is 6.09 Å². The van der Waals surface area contributed by atoms with Crippen molar-refractivity contribution in [2.24, 2.45) is 0 Å². The largest absolute Gasteiger partial charge is 0.491 e. The van der Waals surface area contributed by atoms with Crippen LogP contribution in [0, 0.1) is 9.39 Å². The molecule has 0 aliphatic rings. The molecule has 0 aliphatic heterocycles. The zero-order chi connectivity index (χ0) is 35.9. The number of hydrogen-bond acceptors (Lipinski definition) is 6. The molecular formula is C37H43ClFIN4O5. The molecule has 12 heteroatoms. The van der Waals surface area contributed by atoms with Crippen molar-refractivity contribution in [1.29, 1.82) is 0 Å². The zero-order valence-electron chi connectivity index (χ0n) is 28.7. The van der Waals surface area contributed by atoms with E-state index in [0.29, 0.717) is 30.4 Å². The summed E-state index contributed by atoms with van der Waals surface area (Å²) in [5, 5.41) is 5.93. The minimum Gasteiger partial charge on any atom is -0.491 e. The number of aromatic amines is 1. The van der Waals surface area contributed by atoms with Gasteiger partial charge in [0, 0.05) is 15.1 Å². The molecule has 1 unspecified atom stereocenters. The third-order valence-corrected chi connectivity index (χ3v) is 8.25. The summed E-state index contributed by atoms with van der Waals surface area (Å²) in [6.45, 7) is 13.8. The summed E-state index contributed by atoms with van der Waals surface area (Å²) >= 11 is 8.63. The van der Waals surface area contributed by atoms with E-state index in [0.717, 1.165) is 9.13 Å². The number of amides is 2. The van der Waals surface area contributed by atoms with Gasteiger partial charge in [-0.25, -0.2) is 14.2 Å². The second kappa shape index (κ2) is 16.4. The van der Waals surface area contributed by atoms with Gasteiger partial charge in [-0.1, -0.05) is 61.0 Å². The Balaban J connectivity index is 1.66. The number of nitrogens with zero attached hydrogens (tertiary/aromatic N) is 1. The number of carbonyl (C=O) groups is 2. The molecule has 49 heavy (non-hydrogen) atoms. The van der Waals surface area contributed by atoms with Crippen molar-refractivity contribution in [3.8, 4) is 17.0 Å². The first-order valence-corrected chi connectivity index (χ1v) is 17.4. The zero-order valence-corrected chi connectivity index (χ0v) is 31.6. The maximum atomic E-state index is 15.0. The predicted octanol–water partition coefficient (Wildman–Crippen LogP) is 8.89. The molecule has 3 aromatic carbocycles. The fourth-order valence-corrected chi connectivity index (χ4v) is 5.68. The molecule has 262 valence electrons. The fourth-order valence-electron chi connectivity index (χ4n) is 4.98. The Labute approximate surface area is 305 Å². The highest BCUT2D eigenvalue weighted by Crippen LogP contribution is 2.35. The van der Waals surface area contributed by atoms with Crippen LogP contribution in [0.25, 0.3) is 11.3 Å². The van der Waals surface area contributed by atoms with E-state index in [-0.39, 0.29) is 27.9 Å². The summed E-state index contributed by atoms with van der Waals surface area (Å²) < 4.78 is 32.8. The molecular weight excluding hydrogens is 762 g/mol. The lowest BCUT2D eigenvalue weighted by Gasteiger charge is -2.28. The molecule has 0 aliphatic carbocycles. The number of hydrogen-bond donors (Lipinski definition) is 3. The molecule has 9 nitrogen and oxygen atoms in total. The van der Waals surface area contributed by atoms with Crippen LogP contribution in [0.15, 0.2) is 72.8 Å². The van der Waals surface area contributed by atoms with E-state index in [2.05, 4.69) is 15.6 Å². The van der Waals surface area contributed by atoms with Crippen LogP contribution in [0.2, 0.25) is 5.15 Å². The first-order valence-electron chi connectivity index (χ1n) is 15.9. The van der Waals surface area contributed by atoms with Crippen molar-refractivity contribution in [3.05, 3.63) is 104 Å². The van der Waals surface area contributed by atoms with Crippen LogP contribution in [0.3, 0.4) is 0 Å². The van der Waals surface area contributed by atoms with Crippen molar-refractivity contribution in [2.45, 2.75) is 77.7 Å². The van der Waals surface area contributed by atoms with Gasteiger partial charge in [0.2, 0.25) is 5.91 Å². The van der Waals surface area contributed by atoms with Gasteiger partial charge in [0.1, 0.15) is 46.5 Å². The third-order valence-electron chi connectivity index (χ3n) is 7.31. The number of aromatic nitrogens is 2. The quantitative estimate of drug-likeness (QED) is 0.0974. The molecule has 1 aromatic heterocycles. The first kappa shape index (κ1) is 38.1. The van der Waals surface area contributed by atoms with Crippen LogP contribution in [-0.2, 0) is 14.3 Å². The molecule has 0 saturated carbocycles. The minimum atomic E-state index is -1.16. The van der Waals surface area contributed by atoms with E-state index in [4.69, 9.17) is 30.8 Å². The average molecular weight is 805 g/mol. The molecule has 0 radical (unpaired) electrons. The Bertz CT molecular complexity index is 1720. The van der Waals surface area contributed by atoms with Crippen LogP contribution in [0.1, 0.15) is 83.4 Å². The number of alkyl carbamates (subject to hydrolysis) is 1. The maximum absolute atomic E-state index is 15.0. The van der Waals surface area contributed by atoms with E-state index < -0.39 is 35.5 Å². The Morgan fingerprint density at radius 2 is 1.59 bits per heavy atom. The molecule has 4 aromatic rings. The molecule has 1 heterocycles. The van der Waals surface area contributed by atoms with Gasteiger partial charge < -0.3 is 29.8 Å². The lowest BCUT2D eigenvalue weighted by Crippen LogP contribution is -2.44. The van der Waals surface area contributed by atoms with Gasteiger partial charge in [-0.2, -0.15) is 0 Å². The molecule has 3 N–H and O–H groups in total. The van der Waals surface area contributed by atoms with Gasteiger partial charge in [-0.15, -0.1) is 0 Å². The third kappa shape index (κ3) is 11.2. The van der Waals surface area contributed by atoms with Crippen molar-refractivity contribution >= 4 is 46.2 Å². The van der Waals surface area contributed by atoms with Crippen LogP contribution < -0.4 is 15.4 Å². The molecule has 0 saturated heterocycles. The number of carbonyl (C=O) groups excluding carboxylic acids is 2. The summed E-state index contributed by atoms with van der Waals surface area (Å²) in [5.41, 5.74) is 0.770. The SMILES string of the molecule is C[C@H](c1ccccc1)[C@H](NC(=O)C(NC(=O)OC(C)(C)C)c1ccc(OCCOC(C)(C)C)cc1)c1nc(-c2ccc(I)cc2F)c(Cl)[nH]1. The molecule has 0 fully saturated rings. The highest BCUT2D eigenvalue weighted by molar-refractivity contribution is 14.1. The monoisotopic (exact) mass is 804 g/mol. The maximum Gasteiger partial charge on any atom is 0.408 e. The van der Waals surface area contributed by atoms with Crippen molar-refractivity contribution < 1.29 is 28.2 Å². The van der Waals surface area contributed by atoms with Crippen molar-refractivity contribution in [3.63, 3.8) is 0 Å². The first-order chi connectivity index (χ1) is 23.0. The molecule has 3 atom stereocenters. The lowest BCUT2D eigenvalue weighted by molar-refractivity contribution is -0.124. The van der Waals surface area contributed by atoms with E-state index in [1.807, 2.05) is 80.6 Å². The number of benzene rings is 3. The van der Waals surface area contributed by atoms with E-state index in [9.17, 15) is 9.59 Å². The lowest BCUT2D eigenvalue weighted by atomic mass is 9.92. The Kier molecular flexibility index (Phi) is 12.7. The number of ether oxygens (including phenoxy) is 3. The van der Waals surface area contributed by atoms with Crippen molar-refractivity contribution in [1.82, 2.24) is 20.6 Å². The molecule has 4 rings (SSSR count). The summed E-state index contributed by atoms with van der Waals surface area (Å²) in [7, 11) is 0. The van der Waals surface area contributed by atoms with Crippen molar-refractivity contribution in [2.75, 3.05) is 13.2 Å². The average Bonchev–Trinajstić information content (AvgIpc) is 3.40. The Morgan fingerprint density at radius 3 is 2.20 bits per heavy atom. The van der Waals surface area contributed by atoms with Gasteiger partial charge in [0.05, 0.1) is 18.2 Å². The molecule has 0 spiro atoms. The highest BCUT2D eigenvalue weighted by Gasteiger charge is 2.32. The molecule has 0 bridgehead atoms. The normalized spacial score (nSPS) is 13.7. The van der Waals surface area contributed by atoms with E-state index >= 15 is 4.39 Å². The number of halogens is 3. The number of H-pyrrole nitrogens is 1. The standard InChI is InChI=1S/C37H43ClFIN4O5/c1-22(23-11-9-8-10-12-23)29(33-41-31(32(38)44-33)27-18-15-25(40)21-28(27)39)42-34(45)30(43-35(46)49-37(5,6)7)24-13-16-26(17-14-24)47-19-20-48-36(2,3)4/h8-18,21-22,29-30H,19-20H2,1-7H3,(H,41,44)(H,42,45)(H,43,46)/t22-,29+,30?/m1/s1. The van der Waals surface area contributed by atoms with Crippen LogP contribution in [0.4, 0.5) is 9.18 Å². The van der Waals surface area contributed by atoms with Gasteiger partial charge in [0.25, 0.3) is 0 Å². The molecule has 2 amide bonds. The second-order valence-electron chi connectivity index (χ2n) is 13.6. The second-order valence-corrected chi connectivity index (χ2v) is 15.2. The number of imidazole rings is 1. The smallest absolute Gasteiger partial charge is 0.408 e. The van der Waals surface area contributed by atoms with Crippen LogP contribution in [-0.4, -0.2) is 46.4 Å². The summed E-state index contributed by atoms with van der Waals surface area (Å²) in [5.74, 6) is -0.427. The fraction of sp³-hybridized carbons (Fsp3) is 0.378. The Morgan fingerprint density at radius 1 is 0.918 bits per heavy atom. The van der Waals surface area contributed by atoms with E-state index in [1.54, 1.807) is 57.2 Å². The number of rotatable bonds is 12. The number of nitrogens with one attached hydrogen (secondary N) is 3. The van der Waals surface area contributed by atoms with Crippen LogP contribution >= 0.6 is 34.2 Å². The minimum absolute atomic E-state index is 0.126. The summed E-state index contributed by atoms with van der Waals surface area (Å²) in [4.78, 5) is 35.0. The summed E-state index contributed by atoms with van der Waals surface area (Å²) in [6.07, 6.45) is -0.766. The van der Waals surface area contributed by atoms with E-state index in [1.165, 1.54) is 6.07 Å². The van der Waals surface area contributed by atoms with Gasteiger partial charge in [0.15, 0.2) is 0 Å². The Hall–Kier alpha value is -3.68. The predicted molar refractivity (Wildman–Crippen MR) is 197 cm³/mol. The highest BCUT2D eigenvalue weighted by atomic mass is 127. The topological polar surface area (TPSA) is 115 Å².